The zero-order valence-electron chi connectivity index (χ0n) is 14.1. The molecule has 0 radical (unpaired) electrons. The van der Waals surface area contributed by atoms with Crippen LogP contribution < -0.4 is 5.73 Å². The number of carbonyl (C=O) groups excluding carboxylic acids is 1. The van der Waals surface area contributed by atoms with Crippen molar-refractivity contribution in [3.05, 3.63) is 47.5 Å². The Bertz CT molecular complexity index is 740. The quantitative estimate of drug-likeness (QED) is 0.941. The first kappa shape index (κ1) is 16.6. The van der Waals surface area contributed by atoms with E-state index in [0.717, 1.165) is 19.3 Å². The molecule has 0 bridgehead atoms. The van der Waals surface area contributed by atoms with Crippen LogP contribution in [0.5, 0.6) is 0 Å². The first-order valence-corrected chi connectivity index (χ1v) is 8.36. The lowest BCUT2D eigenvalue weighted by Crippen LogP contribution is -2.51. The molecule has 1 amide bonds. The number of benzene rings is 1. The number of aromatic nitrogens is 2. The molecule has 0 spiro atoms. The number of hydrogen-bond acceptors (Lipinski definition) is 3. The smallest absolute Gasteiger partial charge is 0.257 e. The molecule has 2 N–H and O–H groups in total. The summed E-state index contributed by atoms with van der Waals surface area (Å²) >= 11 is 0. The van der Waals surface area contributed by atoms with Crippen molar-refractivity contribution in [2.45, 2.75) is 45.2 Å². The third-order valence-corrected chi connectivity index (χ3v) is 4.74. The van der Waals surface area contributed by atoms with Gasteiger partial charge in [0.1, 0.15) is 11.5 Å². The van der Waals surface area contributed by atoms with Crippen LogP contribution in [0, 0.1) is 12.7 Å². The minimum absolute atomic E-state index is 0.0439. The second-order valence-electron chi connectivity index (χ2n) is 6.43. The first-order chi connectivity index (χ1) is 11.5. The SMILES string of the molecule is Cc1c(C(=O)N2CCCCC2C(C)N)cnn1-c1ccccc1F. The Kier molecular flexibility index (Phi) is 4.66. The summed E-state index contributed by atoms with van der Waals surface area (Å²) in [6.07, 6.45) is 4.51. The predicted molar refractivity (Wildman–Crippen MR) is 90.6 cm³/mol. The number of carbonyl (C=O) groups is 1. The molecule has 0 saturated carbocycles. The van der Waals surface area contributed by atoms with Gasteiger partial charge in [0.25, 0.3) is 5.91 Å². The monoisotopic (exact) mass is 330 g/mol. The number of para-hydroxylation sites is 1. The number of hydrogen-bond donors (Lipinski definition) is 1. The van der Waals surface area contributed by atoms with Gasteiger partial charge in [0.2, 0.25) is 0 Å². The summed E-state index contributed by atoms with van der Waals surface area (Å²) in [5.41, 5.74) is 7.55. The molecule has 2 aromatic rings. The Labute approximate surface area is 141 Å². The van der Waals surface area contributed by atoms with Gasteiger partial charge in [-0.2, -0.15) is 5.10 Å². The Morgan fingerprint density at radius 3 is 2.83 bits per heavy atom. The van der Waals surface area contributed by atoms with Crippen LogP contribution in [-0.2, 0) is 0 Å². The van der Waals surface area contributed by atoms with Crippen LogP contribution in [0.1, 0.15) is 42.2 Å². The Balaban J connectivity index is 1.93. The topological polar surface area (TPSA) is 64.2 Å². The van der Waals surface area contributed by atoms with Crippen molar-refractivity contribution < 1.29 is 9.18 Å². The molecule has 3 rings (SSSR count). The molecule has 1 fully saturated rings. The van der Waals surface area contributed by atoms with Gasteiger partial charge in [0.15, 0.2) is 0 Å². The Morgan fingerprint density at radius 2 is 2.12 bits per heavy atom. The largest absolute Gasteiger partial charge is 0.334 e. The molecule has 1 aromatic heterocycles. The van der Waals surface area contributed by atoms with Crippen molar-refractivity contribution in [2.75, 3.05) is 6.54 Å². The standard InChI is InChI=1S/C18H23FN4O/c1-12(20)16-8-5-6-10-22(16)18(24)14-11-21-23(13(14)2)17-9-4-3-7-15(17)19/h3-4,7,9,11-12,16H,5-6,8,10,20H2,1-2H3. The minimum atomic E-state index is -0.367. The number of piperidine rings is 1. The average molecular weight is 330 g/mol. The van der Waals surface area contributed by atoms with Gasteiger partial charge in [-0.05, 0) is 45.2 Å². The first-order valence-electron chi connectivity index (χ1n) is 8.36. The summed E-state index contributed by atoms with van der Waals surface area (Å²) in [5.74, 6) is -0.439. The highest BCUT2D eigenvalue weighted by Crippen LogP contribution is 2.24. The van der Waals surface area contributed by atoms with Gasteiger partial charge in [-0.1, -0.05) is 12.1 Å². The third kappa shape index (κ3) is 2.94. The van der Waals surface area contributed by atoms with Crippen molar-refractivity contribution >= 4 is 5.91 Å². The summed E-state index contributed by atoms with van der Waals surface area (Å²) in [6.45, 7) is 4.43. The summed E-state index contributed by atoms with van der Waals surface area (Å²) in [7, 11) is 0. The summed E-state index contributed by atoms with van der Waals surface area (Å²) < 4.78 is 15.5. The van der Waals surface area contributed by atoms with Gasteiger partial charge in [-0.3, -0.25) is 4.79 Å². The van der Waals surface area contributed by atoms with Crippen LogP contribution in [0.15, 0.2) is 30.5 Å². The highest BCUT2D eigenvalue weighted by molar-refractivity contribution is 5.95. The molecule has 128 valence electrons. The molecule has 1 aliphatic heterocycles. The van der Waals surface area contributed by atoms with E-state index in [1.54, 1.807) is 25.1 Å². The highest BCUT2D eigenvalue weighted by atomic mass is 19.1. The van der Waals surface area contributed by atoms with E-state index in [2.05, 4.69) is 5.10 Å². The normalized spacial score (nSPS) is 19.3. The van der Waals surface area contributed by atoms with Crippen LogP contribution in [0.3, 0.4) is 0 Å². The predicted octanol–water partition coefficient (Wildman–Crippen LogP) is 2.66. The van der Waals surface area contributed by atoms with E-state index >= 15 is 0 Å². The van der Waals surface area contributed by atoms with Crippen LogP contribution in [0.4, 0.5) is 4.39 Å². The number of amides is 1. The molecule has 2 atom stereocenters. The number of likely N-dealkylation sites (tertiary alicyclic amines) is 1. The molecule has 2 unspecified atom stereocenters. The summed E-state index contributed by atoms with van der Waals surface area (Å²) in [5, 5.41) is 4.23. The maximum absolute atomic E-state index is 14.0. The highest BCUT2D eigenvalue weighted by Gasteiger charge is 2.31. The van der Waals surface area contributed by atoms with E-state index in [0.29, 0.717) is 23.5 Å². The molecule has 0 aliphatic carbocycles. The average Bonchev–Trinajstić information content (AvgIpc) is 2.96. The van der Waals surface area contributed by atoms with E-state index in [1.165, 1.54) is 16.9 Å². The Morgan fingerprint density at radius 1 is 1.38 bits per heavy atom. The van der Waals surface area contributed by atoms with Crippen molar-refractivity contribution in [3.8, 4) is 5.69 Å². The van der Waals surface area contributed by atoms with Crippen LogP contribution in [0.2, 0.25) is 0 Å². The third-order valence-electron chi connectivity index (χ3n) is 4.74. The van der Waals surface area contributed by atoms with Crippen LogP contribution >= 0.6 is 0 Å². The van der Waals surface area contributed by atoms with E-state index in [1.807, 2.05) is 11.8 Å². The van der Waals surface area contributed by atoms with E-state index < -0.39 is 0 Å². The van der Waals surface area contributed by atoms with Crippen LogP contribution in [-0.4, -0.2) is 39.2 Å². The number of rotatable bonds is 3. The molecule has 1 aromatic carbocycles. The second kappa shape index (κ2) is 6.73. The van der Waals surface area contributed by atoms with Gasteiger partial charge in [0, 0.05) is 18.6 Å². The number of halogens is 1. The second-order valence-corrected chi connectivity index (χ2v) is 6.43. The molecule has 1 aliphatic rings. The molecular formula is C18H23FN4O. The zero-order chi connectivity index (χ0) is 17.3. The van der Waals surface area contributed by atoms with E-state index in [9.17, 15) is 9.18 Å². The van der Waals surface area contributed by atoms with Crippen molar-refractivity contribution in [2.24, 2.45) is 5.73 Å². The van der Waals surface area contributed by atoms with Crippen molar-refractivity contribution in [1.82, 2.24) is 14.7 Å². The van der Waals surface area contributed by atoms with Crippen molar-refractivity contribution in [1.29, 1.82) is 0 Å². The molecule has 24 heavy (non-hydrogen) atoms. The fourth-order valence-corrected chi connectivity index (χ4v) is 3.40. The lowest BCUT2D eigenvalue weighted by molar-refractivity contribution is 0.0583. The van der Waals surface area contributed by atoms with Crippen LogP contribution in [0.25, 0.3) is 5.69 Å². The van der Waals surface area contributed by atoms with Crippen molar-refractivity contribution in [3.63, 3.8) is 0 Å². The minimum Gasteiger partial charge on any atom is -0.334 e. The maximum Gasteiger partial charge on any atom is 0.257 e. The molecular weight excluding hydrogens is 307 g/mol. The fourth-order valence-electron chi connectivity index (χ4n) is 3.40. The van der Waals surface area contributed by atoms with Gasteiger partial charge in [-0.25, -0.2) is 9.07 Å². The molecule has 5 nitrogen and oxygen atoms in total. The number of nitrogens with two attached hydrogens (primary N) is 1. The number of nitrogens with zero attached hydrogens (tertiary/aromatic N) is 3. The molecule has 2 heterocycles. The lowest BCUT2D eigenvalue weighted by Gasteiger charge is -2.38. The van der Waals surface area contributed by atoms with Gasteiger partial charge in [0.05, 0.1) is 17.5 Å². The van der Waals surface area contributed by atoms with Gasteiger partial charge < -0.3 is 10.6 Å². The van der Waals surface area contributed by atoms with Gasteiger partial charge >= 0.3 is 0 Å². The van der Waals surface area contributed by atoms with E-state index in [-0.39, 0.29) is 23.8 Å². The Hall–Kier alpha value is -2.21. The van der Waals surface area contributed by atoms with Gasteiger partial charge in [-0.15, -0.1) is 0 Å². The summed E-state index contributed by atoms with van der Waals surface area (Å²) in [4.78, 5) is 14.8. The molecule has 1 saturated heterocycles. The molecule has 6 heteroatoms. The van der Waals surface area contributed by atoms with E-state index in [4.69, 9.17) is 5.73 Å². The maximum atomic E-state index is 14.0. The fraction of sp³-hybridized carbons (Fsp3) is 0.444. The zero-order valence-corrected chi connectivity index (χ0v) is 14.1. The lowest BCUT2D eigenvalue weighted by atomic mass is 9.96. The summed E-state index contributed by atoms with van der Waals surface area (Å²) in [6, 6.07) is 6.38.